The quantitative estimate of drug-likeness (QED) is 0.858. The third-order valence-electron chi connectivity index (χ3n) is 3.42. The van der Waals surface area contributed by atoms with Gasteiger partial charge >= 0.3 is 0 Å². The first-order valence-corrected chi connectivity index (χ1v) is 7.04. The fourth-order valence-electron chi connectivity index (χ4n) is 2.54. The third kappa shape index (κ3) is 3.44. The lowest BCUT2D eigenvalue weighted by molar-refractivity contribution is 0.421. The lowest BCUT2D eigenvalue weighted by Gasteiger charge is -2.21. The number of hydrogen-bond acceptors (Lipinski definition) is 2. The summed E-state index contributed by atoms with van der Waals surface area (Å²) in [5, 5.41) is 3.46. The molecule has 0 amide bonds. The molecule has 1 aromatic carbocycles. The molecule has 2 rings (SSSR count). The number of nitrogens with one attached hydrogen (secondary N) is 1. The normalized spacial score (nSPS) is 14.3. The summed E-state index contributed by atoms with van der Waals surface area (Å²) < 4.78 is 2.27. The first-order chi connectivity index (χ1) is 9.22. The summed E-state index contributed by atoms with van der Waals surface area (Å²) in [6.45, 7) is 7.65. The second-order valence-corrected chi connectivity index (χ2v) is 5.07. The second-order valence-electron chi connectivity index (χ2n) is 5.07. The van der Waals surface area contributed by atoms with Crippen molar-refractivity contribution in [1.82, 2.24) is 14.9 Å². The number of imidazole rings is 1. The van der Waals surface area contributed by atoms with Crippen LogP contribution < -0.4 is 5.32 Å². The van der Waals surface area contributed by atoms with Gasteiger partial charge in [0.15, 0.2) is 0 Å². The Bertz CT molecular complexity index is 490. The molecule has 3 heteroatoms. The van der Waals surface area contributed by atoms with E-state index in [1.165, 1.54) is 5.56 Å². The summed E-state index contributed by atoms with van der Waals surface area (Å²) in [5.74, 6) is 1.05. The van der Waals surface area contributed by atoms with Crippen molar-refractivity contribution in [3.05, 3.63) is 42.7 Å². The minimum absolute atomic E-state index is 0.437. The smallest absolute Gasteiger partial charge is 0.140 e. The van der Waals surface area contributed by atoms with Crippen molar-refractivity contribution in [3.63, 3.8) is 0 Å². The van der Waals surface area contributed by atoms with Crippen LogP contribution in [0, 0.1) is 0 Å². The first-order valence-electron chi connectivity index (χ1n) is 7.04. The van der Waals surface area contributed by atoms with Gasteiger partial charge in [-0.15, -0.1) is 0 Å². The predicted octanol–water partition coefficient (Wildman–Crippen LogP) is 3.50. The van der Waals surface area contributed by atoms with Crippen molar-refractivity contribution >= 4 is 0 Å². The highest BCUT2D eigenvalue weighted by Gasteiger charge is 2.13. The second kappa shape index (κ2) is 6.53. The van der Waals surface area contributed by atoms with E-state index in [2.05, 4.69) is 66.1 Å². The van der Waals surface area contributed by atoms with E-state index in [0.29, 0.717) is 12.1 Å². The van der Waals surface area contributed by atoms with Gasteiger partial charge in [-0.3, -0.25) is 0 Å². The average molecular weight is 257 g/mol. The maximum atomic E-state index is 4.50. The molecule has 0 saturated heterocycles. The summed E-state index contributed by atoms with van der Waals surface area (Å²) in [6.07, 6.45) is 5.06. The van der Waals surface area contributed by atoms with E-state index < -0.39 is 0 Å². The van der Waals surface area contributed by atoms with Crippen molar-refractivity contribution in [2.75, 3.05) is 6.54 Å². The molecule has 0 bridgehead atoms. The minimum atomic E-state index is 0.437. The molecular weight excluding hydrogens is 234 g/mol. The van der Waals surface area contributed by atoms with Crippen LogP contribution in [0.4, 0.5) is 0 Å². The topological polar surface area (TPSA) is 29.9 Å². The molecule has 0 fully saturated rings. The van der Waals surface area contributed by atoms with Gasteiger partial charge in [0.2, 0.25) is 0 Å². The number of rotatable bonds is 6. The maximum absolute atomic E-state index is 4.50. The fraction of sp³-hybridized carbons (Fsp3) is 0.438. The Morgan fingerprint density at radius 3 is 2.63 bits per heavy atom. The molecule has 102 valence electrons. The summed E-state index contributed by atoms with van der Waals surface area (Å²) in [6, 6.07) is 11.3. The van der Waals surface area contributed by atoms with Crippen molar-refractivity contribution < 1.29 is 0 Å². The molecule has 0 aliphatic carbocycles. The predicted molar refractivity (Wildman–Crippen MR) is 80.1 cm³/mol. The highest BCUT2D eigenvalue weighted by molar-refractivity contribution is 5.55. The summed E-state index contributed by atoms with van der Waals surface area (Å²) in [5.41, 5.74) is 1.18. The Morgan fingerprint density at radius 2 is 1.95 bits per heavy atom. The summed E-state index contributed by atoms with van der Waals surface area (Å²) in [4.78, 5) is 4.50. The molecule has 1 heterocycles. The SMILES string of the molecule is CCNC(C)CC(C)n1ccnc1-c1ccccc1. The lowest BCUT2D eigenvalue weighted by atomic mass is 10.1. The highest BCUT2D eigenvalue weighted by atomic mass is 15.1. The Kier molecular flexibility index (Phi) is 4.74. The lowest BCUT2D eigenvalue weighted by Crippen LogP contribution is -2.28. The van der Waals surface area contributed by atoms with Crippen LogP contribution in [0.2, 0.25) is 0 Å². The molecule has 0 saturated carbocycles. The Morgan fingerprint density at radius 1 is 1.21 bits per heavy atom. The minimum Gasteiger partial charge on any atom is -0.328 e. The van der Waals surface area contributed by atoms with E-state index >= 15 is 0 Å². The van der Waals surface area contributed by atoms with Gasteiger partial charge in [0, 0.05) is 30.0 Å². The van der Waals surface area contributed by atoms with Gasteiger partial charge < -0.3 is 9.88 Å². The van der Waals surface area contributed by atoms with Gasteiger partial charge in [-0.1, -0.05) is 37.3 Å². The van der Waals surface area contributed by atoms with Crippen LogP contribution >= 0.6 is 0 Å². The maximum Gasteiger partial charge on any atom is 0.140 e. The molecule has 19 heavy (non-hydrogen) atoms. The Balaban J connectivity index is 2.15. The van der Waals surface area contributed by atoms with Gasteiger partial charge in [-0.2, -0.15) is 0 Å². The first kappa shape index (κ1) is 13.8. The van der Waals surface area contributed by atoms with Gasteiger partial charge in [-0.05, 0) is 26.8 Å². The van der Waals surface area contributed by atoms with Crippen LogP contribution in [0.3, 0.4) is 0 Å². The van der Waals surface area contributed by atoms with E-state index in [-0.39, 0.29) is 0 Å². The molecule has 0 aliphatic rings. The highest BCUT2D eigenvalue weighted by Crippen LogP contribution is 2.23. The van der Waals surface area contributed by atoms with E-state index in [9.17, 15) is 0 Å². The zero-order valence-electron chi connectivity index (χ0n) is 12.0. The van der Waals surface area contributed by atoms with Crippen LogP contribution in [0.25, 0.3) is 11.4 Å². The van der Waals surface area contributed by atoms with Gasteiger partial charge in [0.25, 0.3) is 0 Å². The molecule has 2 atom stereocenters. The van der Waals surface area contributed by atoms with Crippen LogP contribution in [-0.4, -0.2) is 22.1 Å². The van der Waals surface area contributed by atoms with E-state index in [1.807, 2.05) is 12.3 Å². The number of hydrogen-bond donors (Lipinski definition) is 1. The van der Waals surface area contributed by atoms with E-state index in [0.717, 1.165) is 18.8 Å². The molecular formula is C16H23N3. The van der Waals surface area contributed by atoms with Gasteiger partial charge in [0.1, 0.15) is 5.82 Å². The molecule has 1 aromatic heterocycles. The number of benzene rings is 1. The molecule has 0 spiro atoms. The average Bonchev–Trinajstić information content (AvgIpc) is 2.89. The van der Waals surface area contributed by atoms with Crippen LogP contribution in [-0.2, 0) is 0 Å². The van der Waals surface area contributed by atoms with Crippen molar-refractivity contribution in [2.45, 2.75) is 39.3 Å². The third-order valence-corrected chi connectivity index (χ3v) is 3.42. The zero-order valence-corrected chi connectivity index (χ0v) is 12.0. The number of nitrogens with zero attached hydrogens (tertiary/aromatic N) is 2. The number of aromatic nitrogens is 2. The molecule has 2 aromatic rings. The zero-order chi connectivity index (χ0) is 13.7. The van der Waals surface area contributed by atoms with Crippen molar-refractivity contribution in [2.24, 2.45) is 0 Å². The monoisotopic (exact) mass is 257 g/mol. The van der Waals surface area contributed by atoms with E-state index in [4.69, 9.17) is 0 Å². The molecule has 0 aliphatic heterocycles. The van der Waals surface area contributed by atoms with Gasteiger partial charge in [0.05, 0.1) is 0 Å². The van der Waals surface area contributed by atoms with Crippen molar-refractivity contribution in [3.8, 4) is 11.4 Å². The molecule has 1 N–H and O–H groups in total. The van der Waals surface area contributed by atoms with Gasteiger partial charge in [-0.25, -0.2) is 4.98 Å². The standard InChI is InChI=1S/C16H23N3/c1-4-17-13(2)12-14(3)19-11-10-18-16(19)15-8-6-5-7-9-15/h5-11,13-14,17H,4,12H2,1-3H3. The fourth-order valence-corrected chi connectivity index (χ4v) is 2.54. The van der Waals surface area contributed by atoms with Crippen LogP contribution in [0.5, 0.6) is 0 Å². The summed E-state index contributed by atoms with van der Waals surface area (Å²) >= 11 is 0. The Labute approximate surface area is 115 Å². The summed E-state index contributed by atoms with van der Waals surface area (Å²) in [7, 11) is 0. The molecule has 2 unspecified atom stereocenters. The largest absolute Gasteiger partial charge is 0.328 e. The van der Waals surface area contributed by atoms with Crippen molar-refractivity contribution in [1.29, 1.82) is 0 Å². The van der Waals surface area contributed by atoms with E-state index in [1.54, 1.807) is 0 Å². The Hall–Kier alpha value is -1.61. The van der Waals surface area contributed by atoms with Crippen LogP contribution in [0.1, 0.15) is 33.2 Å². The molecule has 3 nitrogen and oxygen atoms in total. The van der Waals surface area contributed by atoms with Crippen LogP contribution in [0.15, 0.2) is 42.7 Å². The molecule has 0 radical (unpaired) electrons.